The monoisotopic (exact) mass is 170 g/mol. The summed E-state index contributed by atoms with van der Waals surface area (Å²) in [7, 11) is 0. The lowest BCUT2D eigenvalue weighted by atomic mass is 10.2. The Balaban J connectivity index is 3.27. The van der Waals surface area contributed by atoms with Crippen LogP contribution in [0.3, 0.4) is 0 Å². The minimum absolute atomic E-state index is 0.00772. The van der Waals surface area contributed by atoms with Gasteiger partial charge in [0.25, 0.3) is 0 Å². The predicted octanol–water partition coefficient (Wildman–Crippen LogP) is 1.38. The highest BCUT2D eigenvalue weighted by Gasteiger charge is 2.09. The Morgan fingerprint density at radius 2 is 2.09 bits per heavy atom. The number of phenols is 1. The minimum atomic E-state index is -1.09. The van der Waals surface area contributed by atoms with E-state index in [1.165, 1.54) is 18.2 Å². The molecular formula is C7H6O3S. The Bertz CT molecular complexity index is 296. The van der Waals surface area contributed by atoms with E-state index in [0.29, 0.717) is 0 Å². The van der Waals surface area contributed by atoms with E-state index in [9.17, 15) is 4.79 Å². The molecule has 1 aromatic rings. The van der Waals surface area contributed by atoms with Crippen LogP contribution < -0.4 is 0 Å². The van der Waals surface area contributed by atoms with Crippen LogP contribution in [-0.4, -0.2) is 16.2 Å². The molecule has 3 nitrogen and oxygen atoms in total. The van der Waals surface area contributed by atoms with Crippen molar-refractivity contribution in [1.29, 1.82) is 0 Å². The summed E-state index contributed by atoms with van der Waals surface area (Å²) >= 11 is 3.82. The van der Waals surface area contributed by atoms with Crippen molar-refractivity contribution in [2.75, 3.05) is 0 Å². The minimum Gasteiger partial charge on any atom is -0.507 e. The van der Waals surface area contributed by atoms with Crippen molar-refractivity contribution in [3.63, 3.8) is 0 Å². The van der Waals surface area contributed by atoms with E-state index >= 15 is 0 Å². The fraction of sp³-hybridized carbons (Fsp3) is 0. The van der Waals surface area contributed by atoms with Crippen LogP contribution in [0.25, 0.3) is 0 Å². The fourth-order valence-corrected chi connectivity index (χ4v) is 0.949. The largest absolute Gasteiger partial charge is 0.507 e. The van der Waals surface area contributed by atoms with Gasteiger partial charge >= 0.3 is 5.97 Å². The lowest BCUT2D eigenvalue weighted by Crippen LogP contribution is -1.96. The lowest BCUT2D eigenvalue weighted by molar-refractivity contribution is 0.0692. The Morgan fingerprint density at radius 3 is 2.55 bits per heavy atom. The zero-order valence-corrected chi connectivity index (χ0v) is 6.38. The van der Waals surface area contributed by atoms with Crippen molar-refractivity contribution in [1.82, 2.24) is 0 Å². The van der Waals surface area contributed by atoms with Gasteiger partial charge in [0.05, 0.1) is 10.5 Å². The molecule has 0 aromatic heterocycles. The quantitative estimate of drug-likeness (QED) is 0.558. The normalized spacial score (nSPS) is 9.55. The summed E-state index contributed by atoms with van der Waals surface area (Å²) < 4.78 is 0. The summed E-state index contributed by atoms with van der Waals surface area (Å²) in [6.45, 7) is 0. The number of thiol groups is 1. The van der Waals surface area contributed by atoms with E-state index in [1.807, 2.05) is 0 Å². The molecule has 0 spiro atoms. The fourth-order valence-electron chi connectivity index (χ4n) is 0.704. The molecule has 11 heavy (non-hydrogen) atoms. The molecule has 1 aromatic carbocycles. The van der Waals surface area contributed by atoms with Gasteiger partial charge in [0, 0.05) is 0 Å². The van der Waals surface area contributed by atoms with Crippen LogP contribution in [0.1, 0.15) is 10.4 Å². The van der Waals surface area contributed by atoms with Crippen molar-refractivity contribution in [2.45, 2.75) is 4.90 Å². The van der Waals surface area contributed by atoms with Gasteiger partial charge in [0.2, 0.25) is 0 Å². The van der Waals surface area contributed by atoms with Gasteiger partial charge in [-0.05, 0) is 12.1 Å². The molecule has 58 valence electrons. The SMILES string of the molecule is O=C(O)c1cccc(O)c1S. The number of aromatic carboxylic acids is 1. The summed E-state index contributed by atoms with van der Waals surface area (Å²) in [4.78, 5) is 10.5. The van der Waals surface area contributed by atoms with Gasteiger partial charge in [0.1, 0.15) is 5.75 Å². The molecule has 0 unspecified atom stereocenters. The molecule has 0 bridgehead atoms. The van der Waals surface area contributed by atoms with Crippen LogP contribution >= 0.6 is 12.6 Å². The number of phenolic OH excluding ortho intramolecular Hbond substituents is 1. The van der Waals surface area contributed by atoms with E-state index in [2.05, 4.69) is 12.6 Å². The molecule has 1 rings (SSSR count). The number of benzene rings is 1. The zero-order valence-electron chi connectivity index (χ0n) is 5.48. The number of carboxylic acids is 1. The van der Waals surface area contributed by atoms with E-state index in [-0.39, 0.29) is 16.2 Å². The molecule has 0 aliphatic heterocycles. The highest BCUT2D eigenvalue weighted by molar-refractivity contribution is 7.80. The first-order valence-electron chi connectivity index (χ1n) is 2.87. The van der Waals surface area contributed by atoms with E-state index < -0.39 is 5.97 Å². The summed E-state index contributed by atoms with van der Waals surface area (Å²) in [6, 6.07) is 4.22. The number of carbonyl (C=O) groups is 1. The maximum absolute atomic E-state index is 10.4. The van der Waals surface area contributed by atoms with Crippen molar-refractivity contribution in [3.8, 4) is 5.75 Å². The van der Waals surface area contributed by atoms with Crippen LogP contribution in [-0.2, 0) is 0 Å². The first-order valence-corrected chi connectivity index (χ1v) is 3.32. The number of hydrogen-bond acceptors (Lipinski definition) is 3. The summed E-state index contributed by atoms with van der Waals surface area (Å²) in [5, 5.41) is 17.5. The summed E-state index contributed by atoms with van der Waals surface area (Å²) in [5.41, 5.74) is 0.00772. The Morgan fingerprint density at radius 1 is 1.45 bits per heavy atom. The molecule has 0 saturated heterocycles. The Labute approximate surface area is 68.7 Å². The topological polar surface area (TPSA) is 57.5 Å². The first-order chi connectivity index (χ1) is 5.13. The van der Waals surface area contributed by atoms with Gasteiger partial charge in [-0.15, -0.1) is 12.6 Å². The van der Waals surface area contributed by atoms with E-state index in [1.54, 1.807) is 0 Å². The van der Waals surface area contributed by atoms with Crippen LogP contribution in [0, 0.1) is 0 Å². The maximum Gasteiger partial charge on any atom is 0.336 e. The molecule has 0 heterocycles. The summed E-state index contributed by atoms with van der Waals surface area (Å²) in [6.07, 6.45) is 0. The number of hydrogen-bond donors (Lipinski definition) is 3. The number of carboxylic acid groups (broad SMARTS) is 1. The van der Waals surface area contributed by atoms with Crippen LogP contribution in [0.5, 0.6) is 5.75 Å². The maximum atomic E-state index is 10.4. The van der Waals surface area contributed by atoms with Gasteiger partial charge in [0.15, 0.2) is 0 Å². The van der Waals surface area contributed by atoms with Crippen molar-refractivity contribution < 1.29 is 15.0 Å². The molecular weight excluding hydrogens is 164 g/mol. The van der Waals surface area contributed by atoms with Crippen LogP contribution in [0.15, 0.2) is 23.1 Å². The average Bonchev–Trinajstić information content (AvgIpc) is 1.94. The Hall–Kier alpha value is -1.16. The molecule has 0 amide bonds. The van der Waals surface area contributed by atoms with Gasteiger partial charge < -0.3 is 10.2 Å². The second kappa shape index (κ2) is 2.84. The standard InChI is InChI=1S/C7H6O3S/c8-5-3-1-2-4(6(5)11)7(9)10/h1-3,8,11H,(H,9,10). The van der Waals surface area contributed by atoms with Gasteiger partial charge in [-0.1, -0.05) is 6.07 Å². The second-order valence-electron chi connectivity index (χ2n) is 1.98. The highest BCUT2D eigenvalue weighted by Crippen LogP contribution is 2.24. The first kappa shape index (κ1) is 7.94. The van der Waals surface area contributed by atoms with Gasteiger partial charge in [-0.3, -0.25) is 0 Å². The third-order valence-corrected chi connectivity index (χ3v) is 1.72. The number of aromatic hydroxyl groups is 1. The zero-order chi connectivity index (χ0) is 8.43. The van der Waals surface area contributed by atoms with E-state index in [4.69, 9.17) is 10.2 Å². The second-order valence-corrected chi connectivity index (χ2v) is 2.43. The third-order valence-electron chi connectivity index (χ3n) is 1.25. The molecule has 0 radical (unpaired) electrons. The van der Waals surface area contributed by atoms with Gasteiger partial charge in [-0.2, -0.15) is 0 Å². The van der Waals surface area contributed by atoms with Crippen molar-refractivity contribution in [3.05, 3.63) is 23.8 Å². The molecule has 0 atom stereocenters. The molecule has 2 N–H and O–H groups in total. The van der Waals surface area contributed by atoms with Crippen molar-refractivity contribution in [2.24, 2.45) is 0 Å². The molecule has 0 fully saturated rings. The van der Waals surface area contributed by atoms with E-state index in [0.717, 1.165) is 0 Å². The summed E-state index contributed by atoms with van der Waals surface area (Å²) in [5.74, 6) is -1.21. The average molecular weight is 170 g/mol. The molecule has 0 saturated carbocycles. The predicted molar refractivity (Wildman–Crippen MR) is 42.3 cm³/mol. The smallest absolute Gasteiger partial charge is 0.336 e. The third kappa shape index (κ3) is 1.46. The van der Waals surface area contributed by atoms with Crippen LogP contribution in [0.4, 0.5) is 0 Å². The highest BCUT2D eigenvalue weighted by atomic mass is 32.1. The number of rotatable bonds is 1. The lowest BCUT2D eigenvalue weighted by Gasteiger charge is -2.00. The Kier molecular flexibility index (Phi) is 2.05. The van der Waals surface area contributed by atoms with Crippen LogP contribution in [0.2, 0.25) is 0 Å². The van der Waals surface area contributed by atoms with Crippen molar-refractivity contribution >= 4 is 18.6 Å². The molecule has 4 heteroatoms. The molecule has 0 aliphatic rings. The van der Waals surface area contributed by atoms with Gasteiger partial charge in [-0.25, -0.2) is 4.79 Å². The molecule has 0 aliphatic carbocycles.